The summed E-state index contributed by atoms with van der Waals surface area (Å²) in [5.74, 6) is -0.263. The van der Waals surface area contributed by atoms with Crippen molar-refractivity contribution in [3.8, 4) is 5.69 Å². The molecule has 0 aliphatic rings. The normalized spacial score (nSPS) is 11.0. The van der Waals surface area contributed by atoms with E-state index in [0.717, 1.165) is 11.3 Å². The van der Waals surface area contributed by atoms with Gasteiger partial charge in [0.15, 0.2) is 5.65 Å². The third kappa shape index (κ3) is 3.34. The first-order chi connectivity index (χ1) is 13.1. The smallest absolute Gasteiger partial charge is 0.264 e. The van der Waals surface area contributed by atoms with Gasteiger partial charge in [-0.05, 0) is 17.7 Å². The zero-order valence-electron chi connectivity index (χ0n) is 14.6. The molecule has 3 heterocycles. The van der Waals surface area contributed by atoms with E-state index in [0.29, 0.717) is 17.6 Å². The Morgan fingerprint density at radius 3 is 2.74 bits per heavy atom. The Balaban J connectivity index is 1.40. The van der Waals surface area contributed by atoms with Gasteiger partial charge in [-0.3, -0.25) is 18.8 Å². The number of aryl methyl sites for hydroxylation is 1. The number of imidazole rings is 1. The highest BCUT2D eigenvalue weighted by Crippen LogP contribution is 2.09. The highest BCUT2D eigenvalue weighted by molar-refractivity contribution is 5.77. The molecule has 0 fully saturated rings. The summed E-state index contributed by atoms with van der Waals surface area (Å²) in [7, 11) is 1.71. The van der Waals surface area contributed by atoms with Gasteiger partial charge in [0.25, 0.3) is 5.56 Å². The second-order valence-corrected chi connectivity index (χ2v) is 6.10. The largest absolute Gasteiger partial charge is 0.350 e. The fourth-order valence-electron chi connectivity index (χ4n) is 2.79. The topological polar surface area (TPSA) is 99.6 Å². The van der Waals surface area contributed by atoms with Crippen LogP contribution in [0, 0.1) is 0 Å². The van der Waals surface area contributed by atoms with Crippen LogP contribution in [0.3, 0.4) is 0 Å². The minimum absolute atomic E-state index is 0.0935. The van der Waals surface area contributed by atoms with Gasteiger partial charge in [-0.1, -0.05) is 12.1 Å². The molecule has 0 saturated carbocycles. The van der Waals surface area contributed by atoms with E-state index in [1.165, 1.54) is 21.8 Å². The molecule has 0 radical (unpaired) electrons. The molecule has 9 heteroatoms. The molecular formula is C18H17N7O2. The predicted octanol–water partition coefficient (Wildman–Crippen LogP) is 0.632. The van der Waals surface area contributed by atoms with Crippen LogP contribution >= 0.6 is 0 Å². The molecule has 27 heavy (non-hydrogen) atoms. The number of hydrogen-bond acceptors (Lipinski definition) is 5. The zero-order chi connectivity index (χ0) is 18.8. The van der Waals surface area contributed by atoms with Crippen LogP contribution in [-0.4, -0.2) is 34.8 Å². The van der Waals surface area contributed by atoms with E-state index in [2.05, 4.69) is 20.4 Å². The number of carbonyl (C=O) groups is 1. The number of carbonyl (C=O) groups excluding carboxylic acids is 1. The number of amides is 1. The summed E-state index contributed by atoms with van der Waals surface area (Å²) < 4.78 is 4.70. The third-order valence-electron chi connectivity index (χ3n) is 4.26. The quantitative estimate of drug-likeness (QED) is 0.561. The van der Waals surface area contributed by atoms with Crippen LogP contribution in [0.4, 0.5) is 0 Å². The van der Waals surface area contributed by atoms with Crippen molar-refractivity contribution < 1.29 is 4.79 Å². The Morgan fingerprint density at radius 2 is 2.00 bits per heavy atom. The van der Waals surface area contributed by atoms with E-state index in [4.69, 9.17) is 0 Å². The van der Waals surface area contributed by atoms with Crippen LogP contribution in [0.25, 0.3) is 16.7 Å². The molecular weight excluding hydrogens is 346 g/mol. The lowest BCUT2D eigenvalue weighted by Gasteiger charge is -2.08. The first-order valence-electron chi connectivity index (χ1n) is 8.33. The molecule has 0 unspecified atom stereocenters. The van der Waals surface area contributed by atoms with Crippen LogP contribution in [0.2, 0.25) is 0 Å². The van der Waals surface area contributed by atoms with Crippen molar-refractivity contribution in [3.63, 3.8) is 0 Å². The number of hydrogen-bond donors (Lipinski definition) is 1. The Bertz CT molecular complexity index is 1140. The summed E-state index contributed by atoms with van der Waals surface area (Å²) in [4.78, 5) is 32.8. The number of nitrogens with zero attached hydrogens (tertiary/aromatic N) is 6. The Hall–Kier alpha value is -3.75. The maximum atomic E-state index is 12.4. The summed E-state index contributed by atoms with van der Waals surface area (Å²) in [5.41, 5.74) is 2.16. The number of benzene rings is 1. The van der Waals surface area contributed by atoms with Crippen LogP contribution in [0.5, 0.6) is 0 Å². The Morgan fingerprint density at radius 1 is 1.19 bits per heavy atom. The van der Waals surface area contributed by atoms with E-state index in [1.54, 1.807) is 19.6 Å². The molecule has 1 amide bonds. The maximum absolute atomic E-state index is 12.4. The van der Waals surface area contributed by atoms with Gasteiger partial charge in [0.2, 0.25) is 5.91 Å². The van der Waals surface area contributed by atoms with Crippen LogP contribution in [0.15, 0.2) is 60.3 Å². The molecule has 9 nitrogen and oxygen atoms in total. The van der Waals surface area contributed by atoms with Crippen LogP contribution in [0.1, 0.15) is 5.56 Å². The van der Waals surface area contributed by atoms with Gasteiger partial charge in [0.1, 0.15) is 18.3 Å². The van der Waals surface area contributed by atoms with E-state index in [1.807, 2.05) is 35.0 Å². The van der Waals surface area contributed by atoms with Gasteiger partial charge in [0, 0.05) is 31.7 Å². The Labute approximate surface area is 153 Å². The minimum atomic E-state index is -0.284. The molecule has 3 aromatic heterocycles. The lowest BCUT2D eigenvalue weighted by atomic mass is 10.2. The summed E-state index contributed by atoms with van der Waals surface area (Å²) in [6.45, 7) is 0.282. The monoisotopic (exact) mass is 363 g/mol. The molecule has 0 aliphatic heterocycles. The van der Waals surface area contributed by atoms with Crippen molar-refractivity contribution >= 4 is 16.9 Å². The second kappa shape index (κ2) is 6.87. The van der Waals surface area contributed by atoms with Crippen LogP contribution < -0.4 is 10.9 Å². The summed E-state index contributed by atoms with van der Waals surface area (Å²) >= 11 is 0. The van der Waals surface area contributed by atoms with Crippen molar-refractivity contribution in [2.75, 3.05) is 0 Å². The molecule has 0 atom stereocenters. The van der Waals surface area contributed by atoms with Gasteiger partial charge >= 0.3 is 0 Å². The number of fused-ring (bicyclic) bond motifs is 1. The van der Waals surface area contributed by atoms with E-state index < -0.39 is 0 Å². The highest BCUT2D eigenvalue weighted by atomic mass is 16.2. The molecule has 0 bridgehead atoms. The fraction of sp³-hybridized carbons (Fsp3) is 0.167. The molecule has 0 spiro atoms. The van der Waals surface area contributed by atoms with Gasteiger partial charge in [-0.2, -0.15) is 5.10 Å². The standard InChI is InChI=1S/C18H17N7O2/c1-23-17-15(9-22-23)18(27)25(12-21-17)10-16(26)20-8-13-2-4-14(5-3-13)24-7-6-19-11-24/h2-7,9,11-12H,8,10H2,1H3,(H,20,26). The Kier molecular flexibility index (Phi) is 4.25. The van der Waals surface area contributed by atoms with Crippen molar-refractivity contribution in [2.24, 2.45) is 7.05 Å². The molecule has 1 N–H and O–H groups in total. The number of aromatic nitrogens is 6. The SMILES string of the molecule is Cn1ncc2c(=O)n(CC(=O)NCc3ccc(-n4ccnc4)cc3)cnc21. The average molecular weight is 363 g/mol. The lowest BCUT2D eigenvalue weighted by molar-refractivity contribution is -0.121. The van der Waals surface area contributed by atoms with Gasteiger partial charge < -0.3 is 9.88 Å². The first-order valence-corrected chi connectivity index (χ1v) is 8.33. The molecule has 4 aromatic rings. The molecule has 0 aliphatic carbocycles. The zero-order valence-corrected chi connectivity index (χ0v) is 14.6. The van der Waals surface area contributed by atoms with E-state index in [9.17, 15) is 9.59 Å². The lowest BCUT2D eigenvalue weighted by Crippen LogP contribution is -2.32. The average Bonchev–Trinajstić information content (AvgIpc) is 3.33. The minimum Gasteiger partial charge on any atom is -0.350 e. The highest BCUT2D eigenvalue weighted by Gasteiger charge is 2.10. The molecule has 1 aromatic carbocycles. The first kappa shape index (κ1) is 16.7. The molecule has 4 rings (SSSR count). The van der Waals surface area contributed by atoms with Gasteiger partial charge in [-0.15, -0.1) is 0 Å². The number of rotatable bonds is 5. The van der Waals surface area contributed by atoms with E-state index >= 15 is 0 Å². The van der Waals surface area contributed by atoms with Crippen molar-refractivity contribution in [1.82, 2.24) is 34.2 Å². The predicted molar refractivity (Wildman–Crippen MR) is 98.2 cm³/mol. The van der Waals surface area contributed by atoms with Crippen molar-refractivity contribution in [3.05, 3.63) is 71.4 Å². The summed E-state index contributed by atoms with van der Waals surface area (Å²) in [6.07, 6.45) is 8.13. The fourth-order valence-corrected chi connectivity index (χ4v) is 2.79. The van der Waals surface area contributed by atoms with Gasteiger partial charge in [-0.25, -0.2) is 9.97 Å². The number of nitrogens with one attached hydrogen (secondary N) is 1. The van der Waals surface area contributed by atoms with Crippen molar-refractivity contribution in [1.29, 1.82) is 0 Å². The molecule has 136 valence electrons. The maximum Gasteiger partial charge on any atom is 0.264 e. The van der Waals surface area contributed by atoms with Crippen LogP contribution in [-0.2, 0) is 24.9 Å². The van der Waals surface area contributed by atoms with E-state index in [-0.39, 0.29) is 18.0 Å². The summed E-state index contributed by atoms with van der Waals surface area (Å²) in [6, 6.07) is 7.78. The molecule has 0 saturated heterocycles. The second-order valence-electron chi connectivity index (χ2n) is 6.10. The van der Waals surface area contributed by atoms with Crippen molar-refractivity contribution in [2.45, 2.75) is 13.1 Å². The third-order valence-corrected chi connectivity index (χ3v) is 4.26. The van der Waals surface area contributed by atoms with Gasteiger partial charge in [0.05, 0.1) is 12.5 Å². The summed E-state index contributed by atoms with van der Waals surface area (Å²) in [5, 5.41) is 7.22.